The number of methoxy groups -OCH3 is 2. The number of carbonyl (C=O) groups is 1. The predicted octanol–water partition coefficient (Wildman–Crippen LogP) is 2.10. The molecule has 0 radical (unpaired) electrons. The smallest absolute Gasteiger partial charge is 0.249 e. The fraction of sp³-hybridized carbons (Fsp3) is 0.286. The monoisotopic (exact) mass is 275 g/mol. The minimum absolute atomic E-state index is 0.169. The van der Waals surface area contributed by atoms with Crippen LogP contribution in [-0.2, 0) is 4.79 Å². The Balaban J connectivity index is 2.15. The molecule has 1 atom stereocenters. The van der Waals surface area contributed by atoms with Gasteiger partial charge in [-0.1, -0.05) is 0 Å². The van der Waals surface area contributed by atoms with Crippen molar-refractivity contribution in [3.8, 4) is 11.5 Å². The Bertz CT molecular complexity index is 581. The maximum atomic E-state index is 12.2. The topological polar surface area (TPSA) is 65.4 Å². The minimum atomic E-state index is -0.406. The van der Waals surface area contributed by atoms with Gasteiger partial charge in [0.25, 0.3) is 0 Å². The van der Waals surface area contributed by atoms with Crippen LogP contribution in [0.3, 0.4) is 0 Å². The molecule has 1 unspecified atom stereocenters. The third kappa shape index (κ3) is 2.90. The molecule has 106 valence electrons. The zero-order chi connectivity index (χ0) is 14.5. The van der Waals surface area contributed by atoms with E-state index in [1.165, 1.54) is 0 Å². The van der Waals surface area contributed by atoms with Crippen molar-refractivity contribution in [3.63, 3.8) is 0 Å². The lowest BCUT2D eigenvalue weighted by atomic mass is 10.2. The summed E-state index contributed by atoms with van der Waals surface area (Å²) in [6.45, 7) is 1.78. The average Bonchev–Trinajstić information content (AvgIpc) is 3.00. The standard InChI is InChI=1S/C14H17N3O3/c1-10(17-8-4-7-15-17)14(18)16-12-6-5-11(19-2)9-13(12)20-3/h4-10H,1-3H3,(H,16,18). The Hall–Kier alpha value is -2.50. The van der Waals surface area contributed by atoms with Crippen LogP contribution in [0.1, 0.15) is 13.0 Å². The molecular formula is C14H17N3O3. The lowest BCUT2D eigenvalue weighted by molar-refractivity contribution is -0.119. The molecule has 0 aliphatic rings. The molecule has 1 amide bonds. The first-order valence-electron chi connectivity index (χ1n) is 6.17. The van der Waals surface area contributed by atoms with E-state index in [-0.39, 0.29) is 5.91 Å². The van der Waals surface area contributed by atoms with E-state index >= 15 is 0 Å². The van der Waals surface area contributed by atoms with Gasteiger partial charge in [-0.05, 0) is 25.1 Å². The lowest BCUT2D eigenvalue weighted by Gasteiger charge is -2.15. The summed E-state index contributed by atoms with van der Waals surface area (Å²) in [6, 6.07) is 6.59. The van der Waals surface area contributed by atoms with Gasteiger partial charge in [-0.15, -0.1) is 0 Å². The molecule has 0 aliphatic heterocycles. The van der Waals surface area contributed by atoms with Crippen LogP contribution in [0.15, 0.2) is 36.7 Å². The zero-order valence-corrected chi connectivity index (χ0v) is 11.7. The Morgan fingerprint density at radius 2 is 2.15 bits per heavy atom. The molecule has 0 saturated heterocycles. The summed E-state index contributed by atoms with van der Waals surface area (Å²) in [7, 11) is 3.12. The minimum Gasteiger partial charge on any atom is -0.497 e. The zero-order valence-electron chi connectivity index (χ0n) is 11.7. The molecule has 0 bridgehead atoms. The Morgan fingerprint density at radius 1 is 1.35 bits per heavy atom. The maximum absolute atomic E-state index is 12.2. The normalized spacial score (nSPS) is 11.8. The average molecular weight is 275 g/mol. The largest absolute Gasteiger partial charge is 0.497 e. The quantitative estimate of drug-likeness (QED) is 0.907. The van der Waals surface area contributed by atoms with Crippen molar-refractivity contribution in [2.45, 2.75) is 13.0 Å². The number of rotatable bonds is 5. The van der Waals surface area contributed by atoms with E-state index in [2.05, 4.69) is 10.4 Å². The predicted molar refractivity (Wildman–Crippen MR) is 75.1 cm³/mol. The molecule has 1 N–H and O–H groups in total. The number of aromatic nitrogens is 2. The van der Waals surface area contributed by atoms with Crippen molar-refractivity contribution >= 4 is 11.6 Å². The van der Waals surface area contributed by atoms with Crippen LogP contribution in [0.4, 0.5) is 5.69 Å². The van der Waals surface area contributed by atoms with E-state index in [1.807, 2.05) is 0 Å². The van der Waals surface area contributed by atoms with Gasteiger partial charge in [0.05, 0.1) is 19.9 Å². The van der Waals surface area contributed by atoms with E-state index in [0.29, 0.717) is 17.2 Å². The van der Waals surface area contributed by atoms with Gasteiger partial charge in [0.1, 0.15) is 17.5 Å². The molecule has 2 rings (SSSR count). The Labute approximate surface area is 117 Å². The summed E-state index contributed by atoms with van der Waals surface area (Å²) in [5, 5.41) is 6.87. The van der Waals surface area contributed by atoms with Gasteiger partial charge in [-0.3, -0.25) is 9.48 Å². The summed E-state index contributed by atoms with van der Waals surface area (Å²) in [5.74, 6) is 1.04. The van der Waals surface area contributed by atoms with Crippen LogP contribution >= 0.6 is 0 Å². The van der Waals surface area contributed by atoms with E-state index in [1.54, 1.807) is 62.5 Å². The van der Waals surface area contributed by atoms with Crippen molar-refractivity contribution in [2.75, 3.05) is 19.5 Å². The van der Waals surface area contributed by atoms with Crippen molar-refractivity contribution in [3.05, 3.63) is 36.7 Å². The number of anilines is 1. The number of benzene rings is 1. The maximum Gasteiger partial charge on any atom is 0.249 e. The first-order valence-corrected chi connectivity index (χ1v) is 6.17. The summed E-state index contributed by atoms with van der Waals surface area (Å²) in [5.41, 5.74) is 0.595. The van der Waals surface area contributed by atoms with Gasteiger partial charge < -0.3 is 14.8 Å². The van der Waals surface area contributed by atoms with Crippen molar-refractivity contribution < 1.29 is 14.3 Å². The van der Waals surface area contributed by atoms with Crippen LogP contribution in [-0.4, -0.2) is 29.9 Å². The fourth-order valence-electron chi connectivity index (χ4n) is 1.77. The number of carbonyl (C=O) groups excluding carboxylic acids is 1. The molecule has 20 heavy (non-hydrogen) atoms. The molecule has 6 heteroatoms. The third-order valence-corrected chi connectivity index (χ3v) is 2.97. The summed E-state index contributed by atoms with van der Waals surface area (Å²) >= 11 is 0. The number of hydrogen-bond acceptors (Lipinski definition) is 4. The van der Waals surface area contributed by atoms with Crippen LogP contribution in [0.5, 0.6) is 11.5 Å². The van der Waals surface area contributed by atoms with E-state index < -0.39 is 6.04 Å². The first kappa shape index (κ1) is 13.9. The van der Waals surface area contributed by atoms with E-state index in [9.17, 15) is 4.79 Å². The van der Waals surface area contributed by atoms with Crippen LogP contribution in [0.2, 0.25) is 0 Å². The Morgan fingerprint density at radius 3 is 2.75 bits per heavy atom. The number of hydrogen-bond donors (Lipinski definition) is 1. The molecule has 0 saturated carbocycles. The summed E-state index contributed by atoms with van der Waals surface area (Å²) in [6.07, 6.45) is 3.38. The molecule has 0 spiro atoms. The SMILES string of the molecule is COc1ccc(NC(=O)C(C)n2cccn2)c(OC)c1. The van der Waals surface area contributed by atoms with Gasteiger partial charge in [-0.2, -0.15) is 5.10 Å². The highest BCUT2D eigenvalue weighted by Crippen LogP contribution is 2.29. The molecular weight excluding hydrogens is 258 g/mol. The van der Waals surface area contributed by atoms with Gasteiger partial charge >= 0.3 is 0 Å². The summed E-state index contributed by atoms with van der Waals surface area (Å²) < 4.78 is 11.9. The molecule has 0 aliphatic carbocycles. The van der Waals surface area contributed by atoms with Gasteiger partial charge in [0, 0.05) is 18.5 Å². The van der Waals surface area contributed by atoms with Crippen LogP contribution in [0.25, 0.3) is 0 Å². The van der Waals surface area contributed by atoms with E-state index in [4.69, 9.17) is 9.47 Å². The van der Waals surface area contributed by atoms with Crippen LogP contribution < -0.4 is 14.8 Å². The van der Waals surface area contributed by atoms with Gasteiger partial charge in [-0.25, -0.2) is 0 Å². The number of nitrogens with zero attached hydrogens (tertiary/aromatic N) is 2. The Kier molecular flexibility index (Phi) is 4.24. The number of nitrogens with one attached hydrogen (secondary N) is 1. The number of amides is 1. The lowest BCUT2D eigenvalue weighted by Crippen LogP contribution is -2.24. The van der Waals surface area contributed by atoms with Crippen molar-refractivity contribution in [1.82, 2.24) is 9.78 Å². The highest BCUT2D eigenvalue weighted by Gasteiger charge is 2.17. The first-order chi connectivity index (χ1) is 9.65. The van der Waals surface area contributed by atoms with Crippen LogP contribution in [0, 0.1) is 0 Å². The third-order valence-electron chi connectivity index (χ3n) is 2.97. The van der Waals surface area contributed by atoms with Gasteiger partial charge in [0.2, 0.25) is 5.91 Å². The molecule has 1 aromatic carbocycles. The highest BCUT2D eigenvalue weighted by atomic mass is 16.5. The second kappa shape index (κ2) is 6.10. The second-order valence-corrected chi connectivity index (χ2v) is 4.22. The molecule has 6 nitrogen and oxygen atoms in total. The van der Waals surface area contributed by atoms with E-state index in [0.717, 1.165) is 0 Å². The summed E-state index contributed by atoms with van der Waals surface area (Å²) in [4.78, 5) is 12.2. The molecule has 1 heterocycles. The number of ether oxygens (including phenoxy) is 2. The van der Waals surface area contributed by atoms with Crippen molar-refractivity contribution in [2.24, 2.45) is 0 Å². The second-order valence-electron chi connectivity index (χ2n) is 4.22. The molecule has 0 fully saturated rings. The van der Waals surface area contributed by atoms with Gasteiger partial charge in [0.15, 0.2) is 0 Å². The molecule has 1 aromatic heterocycles. The molecule has 2 aromatic rings. The highest BCUT2D eigenvalue weighted by molar-refractivity contribution is 5.94. The van der Waals surface area contributed by atoms with Crippen molar-refractivity contribution in [1.29, 1.82) is 0 Å². The fourth-order valence-corrected chi connectivity index (χ4v) is 1.77.